The number of amides is 1. The number of piperidine rings is 1. The molecule has 1 amide bonds. The average molecular weight is 362 g/mol. The molecule has 0 spiro atoms. The Morgan fingerprint density at radius 3 is 2.33 bits per heavy atom. The van der Waals surface area contributed by atoms with E-state index in [-0.39, 0.29) is 17.6 Å². The number of aliphatic carboxylic acids is 1. The zero-order valence-electron chi connectivity index (χ0n) is 14.9. The molecule has 140 valence electrons. The lowest BCUT2D eigenvalue weighted by Gasteiger charge is -2.30. The first-order valence-electron chi connectivity index (χ1n) is 8.59. The molecule has 0 aromatic carbocycles. The number of sulfonamides is 1. The van der Waals surface area contributed by atoms with E-state index in [0.717, 1.165) is 6.42 Å². The number of rotatable bonds is 9. The van der Waals surface area contributed by atoms with E-state index in [1.54, 1.807) is 13.8 Å². The van der Waals surface area contributed by atoms with Gasteiger partial charge in [-0.25, -0.2) is 12.7 Å². The highest BCUT2D eigenvalue weighted by atomic mass is 32.2. The number of hydrogen-bond donors (Lipinski definition) is 2. The van der Waals surface area contributed by atoms with Crippen LogP contribution in [0.3, 0.4) is 0 Å². The van der Waals surface area contributed by atoms with Gasteiger partial charge in [0.15, 0.2) is 0 Å². The summed E-state index contributed by atoms with van der Waals surface area (Å²) in [6, 6.07) is 0. The van der Waals surface area contributed by atoms with Gasteiger partial charge in [-0.2, -0.15) is 0 Å². The molecule has 0 bridgehead atoms. The highest BCUT2D eigenvalue weighted by Gasteiger charge is 2.31. The molecule has 0 unspecified atom stereocenters. The Hall–Kier alpha value is -1.15. The monoisotopic (exact) mass is 362 g/mol. The number of carbonyl (C=O) groups excluding carboxylic acids is 1. The number of carboxylic acid groups (broad SMARTS) is 1. The predicted octanol–water partition coefficient (Wildman–Crippen LogP) is 1.45. The largest absolute Gasteiger partial charge is 0.481 e. The second-order valence-corrected chi connectivity index (χ2v) is 9.16. The summed E-state index contributed by atoms with van der Waals surface area (Å²) in [5.74, 6) is -1.02. The van der Waals surface area contributed by atoms with Gasteiger partial charge in [0.2, 0.25) is 15.9 Å². The van der Waals surface area contributed by atoms with Gasteiger partial charge in [0, 0.05) is 25.6 Å². The zero-order valence-corrected chi connectivity index (χ0v) is 15.7. The number of unbranched alkanes of at least 4 members (excludes halogenated alkanes) is 1. The molecule has 0 atom stereocenters. The van der Waals surface area contributed by atoms with E-state index >= 15 is 0 Å². The molecule has 1 aliphatic rings. The third-order valence-electron chi connectivity index (χ3n) is 4.60. The van der Waals surface area contributed by atoms with E-state index in [0.29, 0.717) is 45.3 Å². The molecule has 1 saturated heterocycles. The molecule has 1 aliphatic heterocycles. The Kier molecular flexibility index (Phi) is 7.66. The second kappa shape index (κ2) is 8.80. The van der Waals surface area contributed by atoms with Gasteiger partial charge in [-0.15, -0.1) is 0 Å². The molecule has 0 aromatic heterocycles. The first kappa shape index (κ1) is 20.9. The zero-order chi connectivity index (χ0) is 18.4. The number of nitrogens with zero attached hydrogens (tertiary/aromatic N) is 1. The Labute approximate surface area is 144 Å². The van der Waals surface area contributed by atoms with Gasteiger partial charge in [-0.1, -0.05) is 13.3 Å². The first-order chi connectivity index (χ1) is 11.1. The summed E-state index contributed by atoms with van der Waals surface area (Å²) in [6.45, 7) is 6.28. The van der Waals surface area contributed by atoms with Crippen LogP contribution in [0, 0.1) is 11.3 Å². The van der Waals surface area contributed by atoms with Crippen molar-refractivity contribution >= 4 is 21.9 Å². The van der Waals surface area contributed by atoms with Crippen molar-refractivity contribution in [3.8, 4) is 0 Å². The lowest BCUT2D eigenvalue weighted by molar-refractivity contribution is -0.147. The summed E-state index contributed by atoms with van der Waals surface area (Å²) < 4.78 is 25.8. The molecule has 1 fully saturated rings. The fourth-order valence-corrected chi connectivity index (χ4v) is 4.28. The summed E-state index contributed by atoms with van der Waals surface area (Å²) in [7, 11) is -3.20. The molecule has 0 saturated carbocycles. The van der Waals surface area contributed by atoms with Gasteiger partial charge in [0.05, 0.1) is 11.2 Å². The van der Waals surface area contributed by atoms with E-state index in [1.807, 2.05) is 6.92 Å². The van der Waals surface area contributed by atoms with Crippen LogP contribution in [0.25, 0.3) is 0 Å². The number of carbonyl (C=O) groups is 2. The Morgan fingerprint density at radius 1 is 1.25 bits per heavy atom. The standard InChI is InChI=1S/C16H30N2O5S/c1-4-5-12-24(22,23)18-10-6-13(7-11-18)14(19)17-9-8-16(2,3)15(20)21/h13H,4-12H2,1-3H3,(H,17,19)(H,20,21). The van der Waals surface area contributed by atoms with E-state index in [4.69, 9.17) is 5.11 Å². The third-order valence-corrected chi connectivity index (χ3v) is 6.56. The molecule has 7 nitrogen and oxygen atoms in total. The molecule has 2 N–H and O–H groups in total. The summed E-state index contributed by atoms with van der Waals surface area (Å²) in [4.78, 5) is 23.2. The summed E-state index contributed by atoms with van der Waals surface area (Å²) in [5.41, 5.74) is -0.871. The van der Waals surface area contributed by atoms with Crippen LogP contribution in [0.5, 0.6) is 0 Å². The van der Waals surface area contributed by atoms with Crippen molar-refractivity contribution in [2.75, 3.05) is 25.4 Å². The van der Waals surface area contributed by atoms with Crippen LogP contribution in [0.15, 0.2) is 0 Å². The normalized spacial score (nSPS) is 17.6. The van der Waals surface area contributed by atoms with Crippen molar-refractivity contribution in [1.29, 1.82) is 0 Å². The van der Waals surface area contributed by atoms with Crippen LogP contribution < -0.4 is 5.32 Å². The Bertz CT molecular complexity index is 537. The Balaban J connectivity index is 2.39. The minimum Gasteiger partial charge on any atom is -0.481 e. The third kappa shape index (κ3) is 6.05. The SMILES string of the molecule is CCCCS(=O)(=O)N1CCC(C(=O)NCCC(C)(C)C(=O)O)CC1. The molecule has 1 rings (SSSR count). The van der Waals surface area contributed by atoms with Crippen molar-refractivity contribution in [3.63, 3.8) is 0 Å². The molecular formula is C16H30N2O5S. The highest BCUT2D eigenvalue weighted by Crippen LogP contribution is 2.22. The first-order valence-corrected chi connectivity index (χ1v) is 10.2. The maximum Gasteiger partial charge on any atom is 0.309 e. The molecular weight excluding hydrogens is 332 g/mol. The van der Waals surface area contributed by atoms with Crippen molar-refractivity contribution < 1.29 is 23.1 Å². The van der Waals surface area contributed by atoms with Gasteiger partial charge in [0.1, 0.15) is 0 Å². The number of hydrogen-bond acceptors (Lipinski definition) is 4. The van der Waals surface area contributed by atoms with Crippen molar-refractivity contribution in [2.24, 2.45) is 11.3 Å². The topological polar surface area (TPSA) is 104 Å². The molecule has 0 aliphatic carbocycles. The van der Waals surface area contributed by atoms with Crippen molar-refractivity contribution in [1.82, 2.24) is 9.62 Å². The van der Waals surface area contributed by atoms with Gasteiger partial charge in [-0.05, 0) is 39.5 Å². The van der Waals surface area contributed by atoms with Crippen LogP contribution in [0.4, 0.5) is 0 Å². The predicted molar refractivity (Wildman–Crippen MR) is 92.0 cm³/mol. The summed E-state index contributed by atoms with van der Waals surface area (Å²) in [6.07, 6.45) is 2.88. The molecule has 1 heterocycles. The molecule has 8 heteroatoms. The highest BCUT2D eigenvalue weighted by molar-refractivity contribution is 7.89. The van der Waals surface area contributed by atoms with Gasteiger partial charge < -0.3 is 10.4 Å². The maximum absolute atomic E-state index is 12.2. The van der Waals surface area contributed by atoms with Crippen molar-refractivity contribution in [2.45, 2.75) is 52.9 Å². The molecule has 24 heavy (non-hydrogen) atoms. The van der Waals surface area contributed by atoms with Crippen LogP contribution >= 0.6 is 0 Å². The quantitative estimate of drug-likeness (QED) is 0.646. The van der Waals surface area contributed by atoms with Crippen LogP contribution in [0.1, 0.15) is 52.9 Å². The van der Waals surface area contributed by atoms with Gasteiger partial charge in [-0.3, -0.25) is 9.59 Å². The second-order valence-electron chi connectivity index (χ2n) is 7.07. The molecule has 0 aromatic rings. The maximum atomic E-state index is 12.2. The number of nitrogens with one attached hydrogen (secondary N) is 1. The Morgan fingerprint density at radius 2 is 1.83 bits per heavy atom. The fourth-order valence-electron chi connectivity index (χ4n) is 2.60. The molecule has 0 radical (unpaired) electrons. The van der Waals surface area contributed by atoms with E-state index in [9.17, 15) is 18.0 Å². The van der Waals surface area contributed by atoms with Crippen LogP contribution in [-0.4, -0.2) is 55.1 Å². The lowest BCUT2D eigenvalue weighted by Crippen LogP contribution is -2.44. The van der Waals surface area contributed by atoms with E-state index < -0.39 is 21.4 Å². The van der Waals surface area contributed by atoms with Gasteiger partial charge in [0.25, 0.3) is 0 Å². The average Bonchev–Trinajstić information content (AvgIpc) is 2.52. The smallest absolute Gasteiger partial charge is 0.309 e. The summed E-state index contributed by atoms with van der Waals surface area (Å²) in [5, 5.41) is 11.8. The lowest BCUT2D eigenvalue weighted by atomic mass is 9.89. The van der Waals surface area contributed by atoms with Crippen molar-refractivity contribution in [3.05, 3.63) is 0 Å². The minimum absolute atomic E-state index is 0.109. The summed E-state index contributed by atoms with van der Waals surface area (Å²) >= 11 is 0. The van der Waals surface area contributed by atoms with Gasteiger partial charge >= 0.3 is 5.97 Å². The van der Waals surface area contributed by atoms with Crippen LogP contribution in [0.2, 0.25) is 0 Å². The number of carboxylic acids is 1. The van der Waals surface area contributed by atoms with E-state index in [2.05, 4.69) is 5.32 Å². The minimum atomic E-state index is -3.20. The fraction of sp³-hybridized carbons (Fsp3) is 0.875. The van der Waals surface area contributed by atoms with E-state index in [1.165, 1.54) is 4.31 Å². The van der Waals surface area contributed by atoms with Crippen LogP contribution in [-0.2, 0) is 19.6 Å².